The molecule has 0 fully saturated rings. The molecule has 0 aromatic heterocycles. The highest BCUT2D eigenvalue weighted by atomic mass is 16.3. The number of nitrogens with zero attached hydrogens (tertiary/aromatic N) is 1. The van der Waals surface area contributed by atoms with Crippen LogP contribution in [0.15, 0.2) is 42.5 Å². The number of hydrogen-bond donors (Lipinski definition) is 2. The van der Waals surface area contributed by atoms with Gasteiger partial charge in [0.05, 0.1) is 33.1 Å². The Labute approximate surface area is 125 Å². The lowest BCUT2D eigenvalue weighted by molar-refractivity contribution is -0.890. The first-order valence-electron chi connectivity index (χ1n) is 7.38. The third kappa shape index (κ3) is 2.74. The molecule has 0 saturated heterocycles. The van der Waals surface area contributed by atoms with E-state index in [0.29, 0.717) is 0 Å². The highest BCUT2D eigenvalue weighted by Crippen LogP contribution is 2.38. The van der Waals surface area contributed by atoms with E-state index >= 15 is 0 Å². The third-order valence-corrected chi connectivity index (χ3v) is 4.48. The third-order valence-electron chi connectivity index (χ3n) is 4.48. The first-order chi connectivity index (χ1) is 9.96. The second-order valence-corrected chi connectivity index (χ2v) is 6.59. The van der Waals surface area contributed by atoms with E-state index in [9.17, 15) is 10.2 Å². The van der Waals surface area contributed by atoms with Crippen molar-refractivity contribution < 1.29 is 14.7 Å². The molecule has 1 unspecified atom stereocenters. The summed E-state index contributed by atoms with van der Waals surface area (Å²) in [6.45, 7) is 2.02. The van der Waals surface area contributed by atoms with Gasteiger partial charge < -0.3 is 14.7 Å². The number of phenolic OH excluding ortho intramolecular Hbond substituents is 2. The van der Waals surface area contributed by atoms with Crippen LogP contribution < -0.4 is 0 Å². The number of fused-ring (bicyclic) bond motifs is 1. The number of phenols is 2. The van der Waals surface area contributed by atoms with Crippen LogP contribution in [0.4, 0.5) is 0 Å². The molecule has 1 atom stereocenters. The maximum atomic E-state index is 9.91. The highest BCUT2D eigenvalue weighted by molar-refractivity contribution is 5.49. The Morgan fingerprint density at radius 2 is 1.67 bits per heavy atom. The van der Waals surface area contributed by atoms with Crippen molar-refractivity contribution in [3.8, 4) is 11.5 Å². The monoisotopic (exact) mass is 284 g/mol. The molecule has 3 heteroatoms. The van der Waals surface area contributed by atoms with Gasteiger partial charge in [-0.25, -0.2) is 0 Å². The summed E-state index contributed by atoms with van der Waals surface area (Å²) in [6.07, 6.45) is 0.916. The van der Waals surface area contributed by atoms with Crippen molar-refractivity contribution in [2.45, 2.75) is 12.3 Å². The minimum atomic E-state index is -0.0260. The molecule has 2 aromatic carbocycles. The molecule has 0 radical (unpaired) electrons. The van der Waals surface area contributed by atoms with Gasteiger partial charge in [0.25, 0.3) is 0 Å². The molecule has 21 heavy (non-hydrogen) atoms. The average molecular weight is 284 g/mol. The highest BCUT2D eigenvalue weighted by Gasteiger charge is 2.31. The molecule has 0 spiro atoms. The fraction of sp³-hybridized carbons (Fsp3) is 0.333. The van der Waals surface area contributed by atoms with Gasteiger partial charge in [-0.15, -0.1) is 0 Å². The van der Waals surface area contributed by atoms with Gasteiger partial charge >= 0.3 is 0 Å². The number of rotatable bonds is 1. The minimum Gasteiger partial charge on any atom is -0.504 e. The van der Waals surface area contributed by atoms with Crippen LogP contribution in [0.25, 0.3) is 0 Å². The average Bonchev–Trinajstić information content (AvgIpc) is 2.58. The lowest BCUT2D eigenvalue weighted by Gasteiger charge is -2.31. The van der Waals surface area contributed by atoms with E-state index in [-0.39, 0.29) is 17.4 Å². The molecule has 110 valence electrons. The van der Waals surface area contributed by atoms with Gasteiger partial charge in [0, 0.05) is 6.42 Å². The van der Waals surface area contributed by atoms with Crippen molar-refractivity contribution in [1.82, 2.24) is 0 Å². The van der Waals surface area contributed by atoms with E-state index in [2.05, 4.69) is 38.4 Å². The minimum absolute atomic E-state index is 0.0206. The second kappa shape index (κ2) is 5.08. The number of hydrogen-bond acceptors (Lipinski definition) is 2. The predicted octanol–water partition coefficient (Wildman–Crippen LogP) is 2.86. The molecule has 1 aliphatic rings. The fourth-order valence-electron chi connectivity index (χ4n) is 3.25. The van der Waals surface area contributed by atoms with Gasteiger partial charge in [-0.1, -0.05) is 30.3 Å². The number of likely N-dealkylation sites (N-methyl/N-ethyl adjacent to an activating group) is 1. The van der Waals surface area contributed by atoms with E-state index in [0.717, 1.165) is 35.1 Å². The Morgan fingerprint density at radius 3 is 2.38 bits per heavy atom. The molecule has 2 N–H and O–H groups in total. The van der Waals surface area contributed by atoms with E-state index < -0.39 is 0 Å². The summed E-state index contributed by atoms with van der Waals surface area (Å²) >= 11 is 0. The van der Waals surface area contributed by atoms with Gasteiger partial charge in [0.2, 0.25) is 0 Å². The lowest BCUT2D eigenvalue weighted by atomic mass is 9.87. The molecular weight excluding hydrogens is 262 g/mol. The summed E-state index contributed by atoms with van der Waals surface area (Å²) in [5.41, 5.74) is 3.54. The van der Waals surface area contributed by atoms with Crippen molar-refractivity contribution in [1.29, 1.82) is 0 Å². The molecule has 0 amide bonds. The maximum Gasteiger partial charge on any atom is 0.157 e. The summed E-state index contributed by atoms with van der Waals surface area (Å²) in [7, 11) is 4.48. The summed E-state index contributed by atoms with van der Waals surface area (Å²) < 4.78 is 0.926. The number of aromatic hydroxyl groups is 2. The Morgan fingerprint density at radius 1 is 1.00 bits per heavy atom. The molecule has 0 saturated carbocycles. The molecular formula is C18H22NO2+. The smallest absolute Gasteiger partial charge is 0.157 e. The molecule has 3 nitrogen and oxygen atoms in total. The molecule has 1 aliphatic heterocycles. The van der Waals surface area contributed by atoms with E-state index in [1.54, 1.807) is 12.1 Å². The van der Waals surface area contributed by atoms with Crippen molar-refractivity contribution in [2.75, 3.05) is 27.2 Å². The Balaban J connectivity index is 2.15. The first kappa shape index (κ1) is 14.0. The summed E-state index contributed by atoms with van der Waals surface area (Å²) in [5, 5.41) is 19.7. The molecule has 1 heterocycles. The van der Waals surface area contributed by atoms with Crippen LogP contribution in [0.3, 0.4) is 0 Å². The van der Waals surface area contributed by atoms with Crippen LogP contribution in [0.1, 0.15) is 22.6 Å². The first-order valence-corrected chi connectivity index (χ1v) is 7.38. The van der Waals surface area contributed by atoms with Gasteiger partial charge in [-0.3, -0.25) is 0 Å². The molecule has 0 bridgehead atoms. The number of quaternary nitrogens is 1. The lowest BCUT2D eigenvalue weighted by Crippen LogP contribution is -2.43. The van der Waals surface area contributed by atoms with Crippen LogP contribution in [-0.4, -0.2) is 41.9 Å². The van der Waals surface area contributed by atoms with E-state index in [1.807, 2.05) is 6.07 Å². The van der Waals surface area contributed by atoms with Gasteiger partial charge in [-0.2, -0.15) is 0 Å². The van der Waals surface area contributed by atoms with Gasteiger partial charge in [0.15, 0.2) is 11.5 Å². The fourth-order valence-corrected chi connectivity index (χ4v) is 3.25. The Hall–Kier alpha value is -2.00. The zero-order valence-corrected chi connectivity index (χ0v) is 12.6. The van der Waals surface area contributed by atoms with Gasteiger partial charge in [0.1, 0.15) is 0 Å². The summed E-state index contributed by atoms with van der Waals surface area (Å²) in [6, 6.07) is 13.9. The second-order valence-electron chi connectivity index (χ2n) is 6.59. The zero-order valence-electron chi connectivity index (χ0n) is 12.6. The largest absolute Gasteiger partial charge is 0.504 e. The Kier molecular flexibility index (Phi) is 3.38. The van der Waals surface area contributed by atoms with Crippen molar-refractivity contribution in [3.63, 3.8) is 0 Å². The van der Waals surface area contributed by atoms with Crippen LogP contribution >= 0.6 is 0 Å². The Bertz CT molecular complexity index is 650. The van der Waals surface area contributed by atoms with Crippen LogP contribution in [-0.2, 0) is 6.42 Å². The van der Waals surface area contributed by atoms with Crippen molar-refractivity contribution in [3.05, 3.63) is 59.2 Å². The number of benzene rings is 2. The molecule has 0 aliphatic carbocycles. The van der Waals surface area contributed by atoms with Crippen LogP contribution in [0, 0.1) is 0 Å². The summed E-state index contributed by atoms with van der Waals surface area (Å²) in [4.78, 5) is 0. The molecule has 2 aromatic rings. The maximum absolute atomic E-state index is 9.91. The normalized spacial score (nSPS) is 20.6. The summed E-state index contributed by atoms with van der Waals surface area (Å²) in [5.74, 6) is 0.194. The van der Waals surface area contributed by atoms with Crippen molar-refractivity contribution >= 4 is 0 Å². The quantitative estimate of drug-likeness (QED) is 0.624. The standard InChI is InChI=1S/C18H21NO2/c1-19(2)9-8-14-10-17(20)18(21)11-15(14)16(12-19)13-6-4-3-5-7-13/h3-7,10-11,16H,8-9,12H2,1-2H3,(H-,20,21)/p+1. The SMILES string of the molecule is C[N+]1(C)CCc2cc(O)c(O)cc2C(c2ccccc2)C1. The van der Waals surface area contributed by atoms with Gasteiger partial charge in [-0.05, 0) is 28.8 Å². The topological polar surface area (TPSA) is 40.5 Å². The van der Waals surface area contributed by atoms with Crippen LogP contribution in [0.2, 0.25) is 0 Å². The predicted molar refractivity (Wildman–Crippen MR) is 83.6 cm³/mol. The van der Waals surface area contributed by atoms with Crippen LogP contribution in [0.5, 0.6) is 11.5 Å². The van der Waals surface area contributed by atoms with Crippen molar-refractivity contribution in [2.24, 2.45) is 0 Å². The van der Waals surface area contributed by atoms with E-state index in [1.165, 1.54) is 5.56 Å². The molecule has 3 rings (SSSR count). The van der Waals surface area contributed by atoms with E-state index in [4.69, 9.17) is 0 Å². The zero-order chi connectivity index (χ0) is 15.0.